The highest BCUT2D eigenvalue weighted by Crippen LogP contribution is 2.15. The molecule has 0 aromatic heterocycles. The van der Waals surface area contributed by atoms with Gasteiger partial charge in [-0.05, 0) is 18.1 Å². The molecule has 0 aliphatic rings. The van der Waals surface area contributed by atoms with Gasteiger partial charge in [-0.15, -0.1) is 0 Å². The summed E-state index contributed by atoms with van der Waals surface area (Å²) in [7, 11) is 1.65. The number of nitrogens with one attached hydrogen (secondary N) is 1. The minimum Gasteiger partial charge on any atom is -0.480 e. The van der Waals surface area contributed by atoms with Crippen molar-refractivity contribution >= 4 is 11.7 Å². The number of carbonyl (C=O) groups is 1. The maximum Gasteiger partial charge on any atom is 0.322 e. The van der Waals surface area contributed by atoms with Crippen LogP contribution in [0.5, 0.6) is 0 Å². The van der Waals surface area contributed by atoms with Gasteiger partial charge < -0.3 is 20.9 Å². The number of hydrogen-bond acceptors (Lipinski definition) is 4. The predicted molar refractivity (Wildman–Crippen MR) is 66.1 cm³/mol. The number of anilines is 1. The first kappa shape index (κ1) is 13.5. The zero-order chi connectivity index (χ0) is 12.7. The van der Waals surface area contributed by atoms with Gasteiger partial charge in [0.05, 0.1) is 6.61 Å². The summed E-state index contributed by atoms with van der Waals surface area (Å²) in [6, 6.07) is 6.82. The third-order valence-corrected chi connectivity index (χ3v) is 2.42. The molecular weight excluding hydrogens is 220 g/mol. The van der Waals surface area contributed by atoms with E-state index < -0.39 is 12.0 Å². The van der Waals surface area contributed by atoms with E-state index in [9.17, 15) is 4.79 Å². The first-order valence-electron chi connectivity index (χ1n) is 5.44. The average Bonchev–Trinajstić information content (AvgIpc) is 2.34. The Morgan fingerprint density at radius 2 is 2.24 bits per heavy atom. The second-order valence-electron chi connectivity index (χ2n) is 3.73. The molecule has 5 heteroatoms. The van der Waals surface area contributed by atoms with Crippen LogP contribution in [0.25, 0.3) is 0 Å². The minimum absolute atomic E-state index is 0.208. The summed E-state index contributed by atoms with van der Waals surface area (Å²) in [6.07, 6.45) is 0.780. The molecule has 1 unspecified atom stereocenters. The zero-order valence-electron chi connectivity index (χ0n) is 9.85. The van der Waals surface area contributed by atoms with Crippen LogP contribution in [-0.2, 0) is 16.0 Å². The van der Waals surface area contributed by atoms with Gasteiger partial charge in [0.1, 0.15) is 6.04 Å². The molecule has 0 amide bonds. The molecular formula is C12H18N2O3. The van der Waals surface area contributed by atoms with Gasteiger partial charge in [0, 0.05) is 19.3 Å². The molecule has 94 valence electrons. The number of para-hydroxylation sites is 1. The summed E-state index contributed by atoms with van der Waals surface area (Å²) >= 11 is 0. The molecule has 4 N–H and O–H groups in total. The molecule has 0 saturated heterocycles. The van der Waals surface area contributed by atoms with E-state index in [0.717, 1.165) is 17.7 Å². The summed E-state index contributed by atoms with van der Waals surface area (Å²) in [4.78, 5) is 10.6. The van der Waals surface area contributed by atoms with Gasteiger partial charge in [0.25, 0.3) is 0 Å². The fourth-order valence-corrected chi connectivity index (χ4v) is 1.43. The van der Waals surface area contributed by atoms with Crippen LogP contribution < -0.4 is 11.1 Å². The van der Waals surface area contributed by atoms with Gasteiger partial charge in [-0.2, -0.15) is 0 Å². The second-order valence-corrected chi connectivity index (χ2v) is 3.73. The van der Waals surface area contributed by atoms with E-state index >= 15 is 0 Å². The topological polar surface area (TPSA) is 84.6 Å². The lowest BCUT2D eigenvalue weighted by Crippen LogP contribution is -2.37. The molecule has 0 heterocycles. The Bertz CT molecular complexity index is 369. The third-order valence-electron chi connectivity index (χ3n) is 2.42. The molecule has 0 bridgehead atoms. The van der Waals surface area contributed by atoms with E-state index in [1.54, 1.807) is 7.11 Å². The van der Waals surface area contributed by atoms with Crippen LogP contribution in [0.4, 0.5) is 5.69 Å². The fraction of sp³-hybridized carbons (Fsp3) is 0.417. The van der Waals surface area contributed by atoms with E-state index in [1.165, 1.54) is 0 Å². The van der Waals surface area contributed by atoms with Crippen molar-refractivity contribution in [3.63, 3.8) is 0 Å². The Morgan fingerprint density at radius 1 is 1.53 bits per heavy atom. The first-order chi connectivity index (χ1) is 8.15. The van der Waals surface area contributed by atoms with Crippen LogP contribution in [-0.4, -0.2) is 37.4 Å². The Hall–Kier alpha value is -1.59. The molecule has 1 rings (SSSR count). The SMILES string of the molecule is COCCc1ccccc1NCC(N)C(=O)O. The predicted octanol–water partition coefficient (Wildman–Crippen LogP) is 0.699. The average molecular weight is 238 g/mol. The standard InChI is InChI=1S/C12H18N2O3/c1-17-7-6-9-4-2-3-5-11(9)14-8-10(13)12(15)16/h2-5,10,14H,6-8,13H2,1H3,(H,15,16). The lowest BCUT2D eigenvalue weighted by molar-refractivity contribution is -0.138. The fourth-order valence-electron chi connectivity index (χ4n) is 1.43. The first-order valence-corrected chi connectivity index (χ1v) is 5.44. The minimum atomic E-state index is -1.01. The van der Waals surface area contributed by atoms with Crippen molar-refractivity contribution < 1.29 is 14.6 Å². The summed E-state index contributed by atoms with van der Waals surface area (Å²) in [6.45, 7) is 0.836. The normalized spacial score (nSPS) is 12.1. The molecule has 0 fully saturated rings. The lowest BCUT2D eigenvalue weighted by atomic mass is 10.1. The van der Waals surface area contributed by atoms with Crippen LogP contribution >= 0.6 is 0 Å². The van der Waals surface area contributed by atoms with E-state index in [-0.39, 0.29) is 6.54 Å². The van der Waals surface area contributed by atoms with E-state index in [0.29, 0.717) is 6.61 Å². The number of benzene rings is 1. The van der Waals surface area contributed by atoms with E-state index in [4.69, 9.17) is 15.6 Å². The number of aliphatic carboxylic acids is 1. The Labute approximate surface area is 101 Å². The van der Waals surface area contributed by atoms with Crippen LogP contribution in [0.3, 0.4) is 0 Å². The van der Waals surface area contributed by atoms with Crippen molar-refractivity contribution in [3.05, 3.63) is 29.8 Å². The van der Waals surface area contributed by atoms with Crippen molar-refractivity contribution in [1.29, 1.82) is 0 Å². The van der Waals surface area contributed by atoms with Crippen LogP contribution in [0.15, 0.2) is 24.3 Å². The van der Waals surface area contributed by atoms with Crippen molar-refractivity contribution in [2.75, 3.05) is 25.6 Å². The van der Waals surface area contributed by atoms with E-state index in [1.807, 2.05) is 24.3 Å². The summed E-state index contributed by atoms with van der Waals surface area (Å²) in [5.74, 6) is -1.01. The Morgan fingerprint density at radius 3 is 2.88 bits per heavy atom. The molecule has 0 aliphatic carbocycles. The van der Waals surface area contributed by atoms with E-state index in [2.05, 4.69) is 5.32 Å². The van der Waals surface area contributed by atoms with Crippen LogP contribution in [0.2, 0.25) is 0 Å². The molecule has 17 heavy (non-hydrogen) atoms. The molecule has 0 aliphatic heterocycles. The van der Waals surface area contributed by atoms with Gasteiger partial charge in [-0.3, -0.25) is 4.79 Å². The number of ether oxygens (including phenoxy) is 1. The van der Waals surface area contributed by atoms with Crippen molar-refractivity contribution in [2.24, 2.45) is 5.73 Å². The largest absolute Gasteiger partial charge is 0.480 e. The van der Waals surface area contributed by atoms with Crippen molar-refractivity contribution in [3.8, 4) is 0 Å². The molecule has 0 spiro atoms. The molecule has 5 nitrogen and oxygen atoms in total. The maximum absolute atomic E-state index is 10.6. The molecule has 1 aromatic carbocycles. The number of carboxylic acid groups (broad SMARTS) is 1. The molecule has 0 saturated carbocycles. The molecule has 1 atom stereocenters. The highest BCUT2D eigenvalue weighted by atomic mass is 16.5. The smallest absolute Gasteiger partial charge is 0.322 e. The quantitative estimate of drug-likeness (QED) is 0.651. The van der Waals surface area contributed by atoms with Crippen LogP contribution in [0, 0.1) is 0 Å². The highest BCUT2D eigenvalue weighted by Gasteiger charge is 2.11. The summed E-state index contributed by atoms with van der Waals surface area (Å²) < 4.78 is 5.02. The monoisotopic (exact) mass is 238 g/mol. The maximum atomic E-state index is 10.6. The summed E-state index contributed by atoms with van der Waals surface area (Å²) in [5, 5.41) is 11.7. The molecule has 0 radical (unpaired) electrons. The third kappa shape index (κ3) is 4.42. The van der Waals surface area contributed by atoms with Gasteiger partial charge in [0.15, 0.2) is 0 Å². The Balaban J connectivity index is 2.60. The number of rotatable bonds is 7. The van der Waals surface area contributed by atoms with Crippen LogP contribution in [0.1, 0.15) is 5.56 Å². The lowest BCUT2D eigenvalue weighted by Gasteiger charge is -2.13. The number of nitrogens with two attached hydrogens (primary N) is 1. The van der Waals surface area contributed by atoms with Gasteiger partial charge in [-0.1, -0.05) is 18.2 Å². The van der Waals surface area contributed by atoms with Gasteiger partial charge in [0.2, 0.25) is 0 Å². The summed E-state index contributed by atoms with van der Waals surface area (Å²) in [5.41, 5.74) is 7.42. The number of hydrogen-bond donors (Lipinski definition) is 3. The van der Waals surface area contributed by atoms with Gasteiger partial charge in [-0.25, -0.2) is 0 Å². The van der Waals surface area contributed by atoms with Gasteiger partial charge >= 0.3 is 5.97 Å². The Kier molecular flexibility index (Phi) is 5.45. The number of carboxylic acids is 1. The highest BCUT2D eigenvalue weighted by molar-refractivity contribution is 5.74. The zero-order valence-corrected chi connectivity index (χ0v) is 9.85. The number of methoxy groups -OCH3 is 1. The van der Waals surface area contributed by atoms with Crippen molar-refractivity contribution in [1.82, 2.24) is 0 Å². The molecule has 1 aromatic rings. The second kappa shape index (κ2) is 6.88. The van der Waals surface area contributed by atoms with Crippen molar-refractivity contribution in [2.45, 2.75) is 12.5 Å².